The maximum atomic E-state index is 12.6. The van der Waals surface area contributed by atoms with E-state index >= 15 is 0 Å². The van der Waals surface area contributed by atoms with Crippen LogP contribution in [0.5, 0.6) is 0 Å². The fraction of sp³-hybridized carbons (Fsp3) is 0.660. The second-order valence-electron chi connectivity index (χ2n) is 14.5. The largest absolute Gasteiger partial charge is 0.472 e. The zero-order valence-electron chi connectivity index (χ0n) is 36.2. The van der Waals surface area contributed by atoms with Gasteiger partial charge in [-0.1, -0.05) is 150 Å². The molecule has 9 nitrogen and oxygen atoms in total. The number of nitrogens with zero attached hydrogens (tertiary/aromatic N) is 1. The molecule has 0 aromatic carbocycles. The van der Waals surface area contributed by atoms with Crippen LogP contribution in [0.15, 0.2) is 85.1 Å². The molecular formula is C47H80NO8P. The van der Waals surface area contributed by atoms with Crippen molar-refractivity contribution < 1.29 is 37.6 Å². The Morgan fingerprint density at radius 3 is 1.56 bits per heavy atom. The standard InChI is InChI=1S/C47H80NO8P/c1-5-7-9-11-13-15-17-19-21-22-23-24-26-27-29-31-33-35-37-39-46(49)53-43-45(44-55-57(51,52)54-42-41-48(3)4)56-47(50)40-38-36-34-32-30-28-25-20-18-16-14-12-10-8-6-2/h7,9,13,15,19-21,23-25,27,29,33,35,45H,5-6,8,10-12,14,16-18,22,26,28,30-32,34,36-44H2,1-4H3,(H,51,52)/b9-7-,15-13-,21-19-,24-23-,25-20-,29-27-,35-33-. The Hall–Kier alpha value is -2.81. The number of phosphoric ester groups is 1. The number of rotatable bonds is 39. The Kier molecular flexibility index (Phi) is 39.3. The van der Waals surface area contributed by atoms with Gasteiger partial charge in [0, 0.05) is 19.4 Å². The van der Waals surface area contributed by atoms with E-state index in [0.29, 0.717) is 19.4 Å². The zero-order chi connectivity index (χ0) is 41.9. The summed E-state index contributed by atoms with van der Waals surface area (Å²) in [5.74, 6) is -0.918. The van der Waals surface area contributed by atoms with Crippen LogP contribution in [0.4, 0.5) is 0 Å². The number of esters is 2. The normalized spacial score (nSPS) is 14.2. The van der Waals surface area contributed by atoms with Crippen LogP contribution in [0.3, 0.4) is 0 Å². The van der Waals surface area contributed by atoms with E-state index in [1.165, 1.54) is 44.9 Å². The summed E-state index contributed by atoms with van der Waals surface area (Å²) in [5, 5.41) is 0. The van der Waals surface area contributed by atoms with Crippen molar-refractivity contribution >= 4 is 19.8 Å². The van der Waals surface area contributed by atoms with Crippen LogP contribution in [0.1, 0.15) is 155 Å². The van der Waals surface area contributed by atoms with Gasteiger partial charge >= 0.3 is 19.8 Å². The molecule has 0 aliphatic rings. The van der Waals surface area contributed by atoms with Gasteiger partial charge in [-0.15, -0.1) is 0 Å². The number of ether oxygens (including phenoxy) is 2. The molecule has 0 radical (unpaired) electrons. The number of hydrogen-bond acceptors (Lipinski definition) is 8. The molecule has 0 aromatic rings. The highest BCUT2D eigenvalue weighted by Crippen LogP contribution is 2.43. The fourth-order valence-electron chi connectivity index (χ4n) is 5.35. The second-order valence-corrected chi connectivity index (χ2v) is 15.9. The lowest BCUT2D eigenvalue weighted by Gasteiger charge is -2.20. The van der Waals surface area contributed by atoms with E-state index in [1.54, 1.807) is 4.90 Å². The molecule has 0 heterocycles. The maximum absolute atomic E-state index is 12.6. The van der Waals surface area contributed by atoms with Crippen molar-refractivity contribution in [1.82, 2.24) is 4.90 Å². The number of allylic oxidation sites excluding steroid dienone is 14. The van der Waals surface area contributed by atoms with Crippen LogP contribution < -0.4 is 0 Å². The molecule has 0 saturated carbocycles. The van der Waals surface area contributed by atoms with Gasteiger partial charge in [0.05, 0.1) is 13.2 Å². The first-order valence-corrected chi connectivity index (χ1v) is 23.4. The van der Waals surface area contributed by atoms with Crippen molar-refractivity contribution in [1.29, 1.82) is 0 Å². The van der Waals surface area contributed by atoms with Crippen LogP contribution in [0.2, 0.25) is 0 Å². The molecule has 0 amide bonds. The molecule has 0 saturated heterocycles. The third-order valence-electron chi connectivity index (χ3n) is 8.70. The minimum atomic E-state index is -4.38. The molecule has 0 bridgehead atoms. The van der Waals surface area contributed by atoms with Crippen LogP contribution in [-0.2, 0) is 32.7 Å². The summed E-state index contributed by atoms with van der Waals surface area (Å²) in [6.07, 6.45) is 50.7. The SMILES string of the molecule is CC/C=C\C/C=C\C/C=C\C/C=C\C/C=C\C/C=C\CCC(=O)OCC(COP(=O)(O)OCCN(C)C)OC(=O)CCCCCCC/C=C\CCCCCCCC. The van der Waals surface area contributed by atoms with Gasteiger partial charge in [-0.05, 0) is 91.1 Å². The van der Waals surface area contributed by atoms with E-state index in [0.717, 1.165) is 70.6 Å². The van der Waals surface area contributed by atoms with Crippen LogP contribution in [0.25, 0.3) is 0 Å². The van der Waals surface area contributed by atoms with Gasteiger partial charge in [-0.3, -0.25) is 18.6 Å². The number of hydrogen-bond donors (Lipinski definition) is 1. The molecular weight excluding hydrogens is 737 g/mol. The summed E-state index contributed by atoms with van der Waals surface area (Å²) in [4.78, 5) is 37.0. The highest BCUT2D eigenvalue weighted by atomic mass is 31.2. The summed E-state index contributed by atoms with van der Waals surface area (Å²) in [5.41, 5.74) is 0. The van der Waals surface area contributed by atoms with Crippen LogP contribution in [-0.4, -0.2) is 68.3 Å². The van der Waals surface area contributed by atoms with Gasteiger partial charge in [0.25, 0.3) is 0 Å². The van der Waals surface area contributed by atoms with Crippen LogP contribution in [0, 0.1) is 0 Å². The summed E-state index contributed by atoms with van der Waals surface area (Å²) in [6, 6.07) is 0. The molecule has 2 atom stereocenters. The van der Waals surface area contributed by atoms with Crippen molar-refractivity contribution in [2.45, 2.75) is 161 Å². The first-order valence-electron chi connectivity index (χ1n) is 21.9. The number of unbranched alkanes of at least 4 members (excludes halogenated alkanes) is 11. The molecule has 326 valence electrons. The highest BCUT2D eigenvalue weighted by Gasteiger charge is 2.26. The van der Waals surface area contributed by atoms with E-state index in [-0.39, 0.29) is 26.1 Å². The van der Waals surface area contributed by atoms with Crippen molar-refractivity contribution in [3.63, 3.8) is 0 Å². The fourth-order valence-corrected chi connectivity index (χ4v) is 6.09. The van der Waals surface area contributed by atoms with Gasteiger partial charge in [-0.2, -0.15) is 0 Å². The maximum Gasteiger partial charge on any atom is 0.472 e. The molecule has 57 heavy (non-hydrogen) atoms. The molecule has 0 aliphatic heterocycles. The molecule has 10 heteroatoms. The average Bonchev–Trinajstić information content (AvgIpc) is 3.18. The lowest BCUT2D eigenvalue weighted by Crippen LogP contribution is -2.29. The molecule has 0 spiro atoms. The third kappa shape index (κ3) is 42.6. The Bertz CT molecular complexity index is 1220. The lowest BCUT2D eigenvalue weighted by molar-refractivity contribution is -0.161. The predicted molar refractivity (Wildman–Crippen MR) is 238 cm³/mol. The summed E-state index contributed by atoms with van der Waals surface area (Å²) < 4.78 is 33.4. The van der Waals surface area contributed by atoms with E-state index in [1.807, 2.05) is 26.2 Å². The smallest absolute Gasteiger partial charge is 0.462 e. The monoisotopic (exact) mass is 818 g/mol. The Labute approximate surface area is 348 Å². The highest BCUT2D eigenvalue weighted by molar-refractivity contribution is 7.47. The number of phosphoric acid groups is 1. The Balaban J connectivity index is 4.44. The van der Waals surface area contributed by atoms with E-state index in [9.17, 15) is 19.0 Å². The molecule has 0 aromatic heterocycles. The third-order valence-corrected chi connectivity index (χ3v) is 9.68. The lowest BCUT2D eigenvalue weighted by atomic mass is 10.1. The number of carbonyl (C=O) groups is 2. The summed E-state index contributed by atoms with van der Waals surface area (Å²) >= 11 is 0. The van der Waals surface area contributed by atoms with E-state index < -0.39 is 32.5 Å². The van der Waals surface area contributed by atoms with Crippen molar-refractivity contribution in [2.75, 3.05) is 40.5 Å². The summed E-state index contributed by atoms with van der Waals surface area (Å²) in [7, 11) is -0.757. The first kappa shape index (κ1) is 54.2. The van der Waals surface area contributed by atoms with Crippen molar-refractivity contribution in [3.8, 4) is 0 Å². The molecule has 0 aliphatic carbocycles. The average molecular weight is 818 g/mol. The van der Waals surface area contributed by atoms with E-state index in [2.05, 4.69) is 86.8 Å². The van der Waals surface area contributed by atoms with E-state index in [4.69, 9.17) is 18.5 Å². The van der Waals surface area contributed by atoms with Crippen molar-refractivity contribution in [3.05, 3.63) is 85.1 Å². The van der Waals surface area contributed by atoms with Crippen LogP contribution >= 0.6 is 7.82 Å². The molecule has 0 fully saturated rings. The predicted octanol–water partition coefficient (Wildman–Crippen LogP) is 12.7. The zero-order valence-corrected chi connectivity index (χ0v) is 37.1. The molecule has 0 rings (SSSR count). The quantitative estimate of drug-likeness (QED) is 0.0280. The van der Waals surface area contributed by atoms with Crippen molar-refractivity contribution in [2.24, 2.45) is 0 Å². The Morgan fingerprint density at radius 2 is 1.04 bits per heavy atom. The minimum Gasteiger partial charge on any atom is -0.462 e. The number of carbonyl (C=O) groups excluding carboxylic acids is 2. The molecule has 1 N–H and O–H groups in total. The topological polar surface area (TPSA) is 112 Å². The van der Waals surface area contributed by atoms with Gasteiger partial charge < -0.3 is 19.3 Å². The van der Waals surface area contributed by atoms with Gasteiger partial charge in [0.15, 0.2) is 6.10 Å². The second kappa shape index (κ2) is 41.4. The van der Waals surface area contributed by atoms with Gasteiger partial charge in [-0.25, -0.2) is 4.57 Å². The van der Waals surface area contributed by atoms with Gasteiger partial charge in [0.1, 0.15) is 6.61 Å². The molecule has 2 unspecified atom stereocenters. The van der Waals surface area contributed by atoms with Gasteiger partial charge in [0.2, 0.25) is 0 Å². The minimum absolute atomic E-state index is 0.00963. The Morgan fingerprint density at radius 1 is 0.561 bits per heavy atom. The summed E-state index contributed by atoms with van der Waals surface area (Å²) in [6.45, 7) is 4.09. The first-order chi connectivity index (χ1) is 27.7. The number of likely N-dealkylation sites (N-methyl/N-ethyl adjacent to an activating group) is 1.